The van der Waals surface area contributed by atoms with Crippen molar-refractivity contribution in [3.05, 3.63) is 46.7 Å². The zero-order valence-corrected chi connectivity index (χ0v) is 16.8. The van der Waals surface area contributed by atoms with Gasteiger partial charge in [0.2, 0.25) is 11.8 Å². The summed E-state index contributed by atoms with van der Waals surface area (Å²) >= 11 is 1.41. The number of hydrogen-bond acceptors (Lipinski definition) is 5. The van der Waals surface area contributed by atoms with Crippen molar-refractivity contribution in [2.24, 2.45) is 0 Å². The second kappa shape index (κ2) is 10.6. The highest BCUT2D eigenvalue weighted by Gasteiger charge is 2.31. The average Bonchev–Trinajstić information content (AvgIpc) is 3.20. The van der Waals surface area contributed by atoms with Gasteiger partial charge in [0.15, 0.2) is 0 Å². The average molecular weight is 443 g/mol. The van der Waals surface area contributed by atoms with Crippen LogP contribution in [0, 0.1) is 0 Å². The molecule has 0 aliphatic rings. The molecule has 0 fully saturated rings. The maximum Gasteiger partial charge on any atom is 0.573 e. The molecule has 0 aliphatic heterocycles. The van der Waals surface area contributed by atoms with Gasteiger partial charge in [-0.2, -0.15) is 11.3 Å². The van der Waals surface area contributed by atoms with E-state index in [1.54, 1.807) is 16.8 Å². The van der Waals surface area contributed by atoms with Gasteiger partial charge < -0.3 is 20.3 Å². The number of benzene rings is 1. The van der Waals surface area contributed by atoms with Gasteiger partial charge in [-0.3, -0.25) is 14.4 Å². The summed E-state index contributed by atoms with van der Waals surface area (Å²) in [4.78, 5) is 37.1. The molecule has 0 bridgehead atoms. The van der Waals surface area contributed by atoms with Crippen LogP contribution in [-0.4, -0.2) is 49.1 Å². The summed E-state index contributed by atoms with van der Waals surface area (Å²) in [5, 5.41) is 8.72. The van der Waals surface area contributed by atoms with Crippen molar-refractivity contribution in [2.75, 3.05) is 25.5 Å². The Bertz CT molecular complexity index is 855. The third kappa shape index (κ3) is 8.11. The molecule has 3 amide bonds. The maximum absolute atomic E-state index is 12.1. The van der Waals surface area contributed by atoms with E-state index in [4.69, 9.17) is 0 Å². The molecule has 1 heterocycles. The van der Waals surface area contributed by atoms with E-state index in [1.165, 1.54) is 35.4 Å². The SMILES string of the molecule is CN(CC(=O)Nc1ccc(OC(F)(F)F)cc1)C(=O)CCCNC(=O)c1ccsc1. The molecule has 0 aliphatic carbocycles. The van der Waals surface area contributed by atoms with Crippen molar-refractivity contribution in [1.29, 1.82) is 0 Å². The van der Waals surface area contributed by atoms with E-state index in [-0.39, 0.29) is 30.5 Å². The molecule has 30 heavy (non-hydrogen) atoms. The van der Waals surface area contributed by atoms with Crippen molar-refractivity contribution in [3.63, 3.8) is 0 Å². The first kappa shape index (κ1) is 23.2. The number of carbonyl (C=O) groups excluding carboxylic acids is 3. The lowest BCUT2D eigenvalue weighted by atomic mass is 10.2. The first-order valence-corrected chi connectivity index (χ1v) is 9.78. The first-order chi connectivity index (χ1) is 14.1. The second-order valence-electron chi connectivity index (χ2n) is 6.24. The number of anilines is 1. The summed E-state index contributed by atoms with van der Waals surface area (Å²) in [6.45, 7) is 0.105. The number of halogens is 3. The van der Waals surface area contributed by atoms with Crippen LogP contribution in [0.15, 0.2) is 41.1 Å². The van der Waals surface area contributed by atoms with Gasteiger partial charge in [-0.15, -0.1) is 13.2 Å². The van der Waals surface area contributed by atoms with E-state index < -0.39 is 18.0 Å². The number of nitrogens with one attached hydrogen (secondary N) is 2. The standard InChI is InChI=1S/C19H20F3N3O4S/c1-25(17(27)3-2-9-23-18(28)13-8-10-30-12-13)11-16(26)24-14-4-6-15(7-5-14)29-19(20,21)22/h4-8,10,12H,2-3,9,11H2,1H3,(H,23,28)(H,24,26). The first-order valence-electron chi connectivity index (χ1n) is 8.84. The van der Waals surface area contributed by atoms with Crippen molar-refractivity contribution < 1.29 is 32.3 Å². The van der Waals surface area contributed by atoms with Crippen LogP contribution in [0.1, 0.15) is 23.2 Å². The van der Waals surface area contributed by atoms with E-state index >= 15 is 0 Å². The number of nitrogens with zero attached hydrogens (tertiary/aromatic N) is 1. The molecule has 7 nitrogen and oxygen atoms in total. The highest BCUT2D eigenvalue weighted by atomic mass is 32.1. The lowest BCUT2D eigenvalue weighted by Crippen LogP contribution is -2.35. The summed E-state index contributed by atoms with van der Waals surface area (Å²) < 4.78 is 40.2. The van der Waals surface area contributed by atoms with Crippen LogP contribution in [0.5, 0.6) is 5.75 Å². The topological polar surface area (TPSA) is 87.7 Å². The Hall–Kier alpha value is -3.08. The fraction of sp³-hybridized carbons (Fsp3) is 0.316. The minimum absolute atomic E-state index is 0.150. The molecule has 2 N–H and O–H groups in total. The van der Waals surface area contributed by atoms with Gasteiger partial charge in [-0.25, -0.2) is 0 Å². The number of rotatable bonds is 9. The van der Waals surface area contributed by atoms with Gasteiger partial charge in [0, 0.05) is 36.6 Å². The third-order valence-electron chi connectivity index (χ3n) is 3.81. The minimum atomic E-state index is -4.79. The van der Waals surface area contributed by atoms with Gasteiger partial charge in [-0.05, 0) is 42.1 Å². The Morgan fingerprint density at radius 3 is 2.43 bits per heavy atom. The normalized spacial score (nSPS) is 10.9. The summed E-state index contributed by atoms with van der Waals surface area (Å²) in [5.74, 6) is -1.38. The van der Waals surface area contributed by atoms with Crippen LogP contribution in [0.2, 0.25) is 0 Å². The minimum Gasteiger partial charge on any atom is -0.406 e. The fourth-order valence-corrected chi connectivity index (χ4v) is 3.01. The molecule has 0 saturated heterocycles. The number of ether oxygens (including phenoxy) is 1. The number of thiophene rings is 1. The van der Waals surface area contributed by atoms with Crippen molar-refractivity contribution in [1.82, 2.24) is 10.2 Å². The molecule has 11 heteroatoms. The molecule has 2 rings (SSSR count). The van der Waals surface area contributed by atoms with E-state index in [0.717, 1.165) is 12.1 Å². The van der Waals surface area contributed by atoms with Crippen LogP contribution in [0.3, 0.4) is 0 Å². The van der Waals surface area contributed by atoms with Gasteiger partial charge in [-0.1, -0.05) is 0 Å². The number of likely N-dealkylation sites (N-methyl/N-ethyl adjacent to an activating group) is 1. The zero-order chi connectivity index (χ0) is 22.1. The zero-order valence-electron chi connectivity index (χ0n) is 16.0. The van der Waals surface area contributed by atoms with E-state index in [9.17, 15) is 27.6 Å². The molecule has 0 atom stereocenters. The molecule has 0 unspecified atom stereocenters. The van der Waals surface area contributed by atoms with Crippen LogP contribution < -0.4 is 15.4 Å². The van der Waals surface area contributed by atoms with Gasteiger partial charge in [0.25, 0.3) is 5.91 Å². The predicted octanol–water partition coefficient (Wildman–Crippen LogP) is 3.25. The summed E-state index contributed by atoms with van der Waals surface area (Å²) in [5.41, 5.74) is 0.838. The molecule has 0 radical (unpaired) electrons. The molecule has 0 saturated carbocycles. The lowest BCUT2D eigenvalue weighted by Gasteiger charge is -2.17. The third-order valence-corrected chi connectivity index (χ3v) is 4.50. The lowest BCUT2D eigenvalue weighted by molar-refractivity contribution is -0.274. The number of amides is 3. The van der Waals surface area contributed by atoms with Crippen LogP contribution in [0.4, 0.5) is 18.9 Å². The number of alkyl halides is 3. The monoisotopic (exact) mass is 443 g/mol. The smallest absolute Gasteiger partial charge is 0.406 e. The molecule has 162 valence electrons. The van der Waals surface area contributed by atoms with Crippen molar-refractivity contribution in [2.45, 2.75) is 19.2 Å². The van der Waals surface area contributed by atoms with Gasteiger partial charge in [0.1, 0.15) is 5.75 Å². The molecular formula is C19H20F3N3O4S. The highest BCUT2D eigenvalue weighted by Crippen LogP contribution is 2.23. The highest BCUT2D eigenvalue weighted by molar-refractivity contribution is 7.08. The Kier molecular flexibility index (Phi) is 8.22. The Labute approximate surface area is 174 Å². The Balaban J connectivity index is 1.69. The van der Waals surface area contributed by atoms with Crippen LogP contribution in [-0.2, 0) is 9.59 Å². The molecule has 1 aromatic heterocycles. The fourth-order valence-electron chi connectivity index (χ4n) is 2.37. The van der Waals surface area contributed by atoms with E-state index in [1.807, 2.05) is 0 Å². The largest absolute Gasteiger partial charge is 0.573 e. The second-order valence-corrected chi connectivity index (χ2v) is 7.02. The van der Waals surface area contributed by atoms with Crippen molar-refractivity contribution >= 4 is 34.7 Å². The van der Waals surface area contributed by atoms with E-state index in [2.05, 4.69) is 15.4 Å². The summed E-state index contributed by atoms with van der Waals surface area (Å²) in [6, 6.07) is 6.37. The molecule has 1 aromatic carbocycles. The maximum atomic E-state index is 12.1. The Morgan fingerprint density at radius 2 is 1.83 bits per heavy atom. The summed E-state index contributed by atoms with van der Waals surface area (Å²) in [7, 11) is 1.46. The predicted molar refractivity (Wildman–Crippen MR) is 105 cm³/mol. The van der Waals surface area contributed by atoms with Crippen LogP contribution in [0.25, 0.3) is 0 Å². The van der Waals surface area contributed by atoms with E-state index in [0.29, 0.717) is 18.5 Å². The Morgan fingerprint density at radius 1 is 1.13 bits per heavy atom. The molecular weight excluding hydrogens is 423 g/mol. The summed E-state index contributed by atoms with van der Waals surface area (Å²) in [6.07, 6.45) is -4.22. The molecule has 2 aromatic rings. The number of hydrogen-bond donors (Lipinski definition) is 2. The van der Waals surface area contributed by atoms with Crippen LogP contribution >= 0.6 is 11.3 Å². The van der Waals surface area contributed by atoms with Gasteiger partial charge >= 0.3 is 6.36 Å². The number of carbonyl (C=O) groups is 3. The molecule has 0 spiro atoms. The van der Waals surface area contributed by atoms with Crippen molar-refractivity contribution in [3.8, 4) is 5.75 Å². The van der Waals surface area contributed by atoms with Gasteiger partial charge in [0.05, 0.1) is 6.54 Å². The quantitative estimate of drug-likeness (QED) is 0.583.